The summed E-state index contributed by atoms with van der Waals surface area (Å²) in [6.45, 7) is 3.45. The molecule has 5 nitrogen and oxygen atoms in total. The Balaban J connectivity index is 1.66. The summed E-state index contributed by atoms with van der Waals surface area (Å²) in [6.07, 6.45) is 1.57. The Bertz CT molecular complexity index is 870. The summed E-state index contributed by atoms with van der Waals surface area (Å²) in [6, 6.07) is 15.0. The van der Waals surface area contributed by atoms with E-state index in [1.807, 2.05) is 49.4 Å². The molecule has 0 unspecified atom stereocenters. The minimum Gasteiger partial charge on any atom is -0.497 e. The zero-order valence-electron chi connectivity index (χ0n) is 16.2. The van der Waals surface area contributed by atoms with Crippen molar-refractivity contribution in [2.24, 2.45) is 5.41 Å². The SMILES string of the molecule is COc1cccc(CNC(=O)[C@@]2(C)CCCN(C(=O)c3ccccc3Br)C2)c1. The average molecular weight is 445 g/mol. The summed E-state index contributed by atoms with van der Waals surface area (Å²) in [5.74, 6) is 0.694. The first-order valence-electron chi connectivity index (χ1n) is 9.38. The first kappa shape index (κ1) is 20.4. The molecule has 2 amide bonds. The lowest BCUT2D eigenvalue weighted by Crippen LogP contribution is -2.51. The fraction of sp³-hybridized carbons (Fsp3) is 0.364. The molecule has 0 spiro atoms. The number of nitrogens with zero attached hydrogens (tertiary/aromatic N) is 1. The van der Waals surface area contributed by atoms with Crippen LogP contribution in [0.15, 0.2) is 53.0 Å². The number of halogens is 1. The standard InChI is InChI=1S/C22H25BrN2O3/c1-22(21(27)24-14-16-7-5-8-17(13-16)28-2)11-6-12-25(15-22)20(26)18-9-3-4-10-19(18)23/h3-5,7-10,13H,6,11-12,14-15H2,1-2H3,(H,24,27)/t22-/m0/s1. The van der Waals surface area contributed by atoms with Crippen LogP contribution in [0.3, 0.4) is 0 Å². The number of amides is 2. The zero-order valence-corrected chi connectivity index (χ0v) is 17.8. The highest BCUT2D eigenvalue weighted by Crippen LogP contribution is 2.31. The Labute approximate surface area is 174 Å². The third-order valence-electron chi connectivity index (χ3n) is 5.22. The maximum Gasteiger partial charge on any atom is 0.255 e. The number of benzene rings is 2. The van der Waals surface area contributed by atoms with Crippen molar-refractivity contribution in [2.45, 2.75) is 26.3 Å². The van der Waals surface area contributed by atoms with Gasteiger partial charge in [-0.05, 0) is 65.5 Å². The lowest BCUT2D eigenvalue weighted by molar-refractivity contribution is -0.132. The third-order valence-corrected chi connectivity index (χ3v) is 5.91. The summed E-state index contributed by atoms with van der Waals surface area (Å²) in [5.41, 5.74) is 1.01. The van der Waals surface area contributed by atoms with E-state index in [1.165, 1.54) is 0 Å². The molecule has 2 aromatic rings. The molecule has 1 aliphatic heterocycles. The number of hydrogen-bond acceptors (Lipinski definition) is 3. The van der Waals surface area contributed by atoms with Gasteiger partial charge < -0.3 is 15.0 Å². The summed E-state index contributed by atoms with van der Waals surface area (Å²) in [4.78, 5) is 27.6. The van der Waals surface area contributed by atoms with E-state index in [0.29, 0.717) is 25.2 Å². The van der Waals surface area contributed by atoms with Crippen LogP contribution in [0, 0.1) is 5.41 Å². The highest BCUT2D eigenvalue weighted by molar-refractivity contribution is 9.10. The number of hydrogen-bond donors (Lipinski definition) is 1. The molecule has 0 saturated carbocycles. The maximum atomic E-state index is 12.9. The summed E-state index contributed by atoms with van der Waals surface area (Å²) >= 11 is 3.45. The molecule has 0 radical (unpaired) electrons. The number of piperidine rings is 1. The van der Waals surface area contributed by atoms with E-state index in [1.54, 1.807) is 18.1 Å². The van der Waals surface area contributed by atoms with E-state index in [4.69, 9.17) is 4.74 Å². The molecule has 1 atom stereocenters. The van der Waals surface area contributed by atoms with Crippen LogP contribution in [0.1, 0.15) is 35.7 Å². The molecule has 1 saturated heterocycles. The number of likely N-dealkylation sites (tertiary alicyclic amines) is 1. The van der Waals surface area contributed by atoms with E-state index in [-0.39, 0.29) is 11.8 Å². The second-order valence-corrected chi connectivity index (χ2v) is 8.26. The Morgan fingerprint density at radius 3 is 2.75 bits per heavy atom. The second-order valence-electron chi connectivity index (χ2n) is 7.40. The van der Waals surface area contributed by atoms with Gasteiger partial charge in [0.05, 0.1) is 18.1 Å². The van der Waals surface area contributed by atoms with Crippen LogP contribution >= 0.6 is 15.9 Å². The Hall–Kier alpha value is -2.34. The van der Waals surface area contributed by atoms with E-state index in [0.717, 1.165) is 28.6 Å². The van der Waals surface area contributed by atoms with E-state index >= 15 is 0 Å². The topological polar surface area (TPSA) is 58.6 Å². The van der Waals surface area contributed by atoms with Gasteiger partial charge in [0, 0.05) is 24.1 Å². The Morgan fingerprint density at radius 2 is 2.00 bits per heavy atom. The highest BCUT2D eigenvalue weighted by atomic mass is 79.9. The molecule has 1 fully saturated rings. The number of carbonyl (C=O) groups excluding carboxylic acids is 2. The molecule has 6 heteroatoms. The number of ether oxygens (including phenoxy) is 1. The monoisotopic (exact) mass is 444 g/mol. The van der Waals surface area contributed by atoms with E-state index in [2.05, 4.69) is 21.2 Å². The predicted molar refractivity (Wildman–Crippen MR) is 112 cm³/mol. The smallest absolute Gasteiger partial charge is 0.255 e. The molecule has 0 bridgehead atoms. The van der Waals surface area contributed by atoms with Gasteiger partial charge in [-0.25, -0.2) is 0 Å². The van der Waals surface area contributed by atoms with Gasteiger partial charge in [-0.15, -0.1) is 0 Å². The lowest BCUT2D eigenvalue weighted by Gasteiger charge is -2.39. The average Bonchev–Trinajstić information content (AvgIpc) is 2.72. The molecule has 0 aliphatic carbocycles. The summed E-state index contributed by atoms with van der Waals surface area (Å²) in [7, 11) is 1.62. The van der Waals surface area contributed by atoms with Crippen molar-refractivity contribution in [2.75, 3.05) is 20.2 Å². The molecule has 1 aliphatic rings. The molecule has 0 aromatic heterocycles. The predicted octanol–water partition coefficient (Wildman–Crippen LogP) is 4.02. The minimum absolute atomic E-state index is 0.0278. The van der Waals surface area contributed by atoms with Crippen LogP contribution in [0.2, 0.25) is 0 Å². The largest absolute Gasteiger partial charge is 0.497 e. The van der Waals surface area contributed by atoms with Crippen molar-refractivity contribution in [3.8, 4) is 5.75 Å². The normalized spacial score (nSPS) is 19.2. The van der Waals surface area contributed by atoms with E-state index in [9.17, 15) is 9.59 Å². The molecular weight excluding hydrogens is 420 g/mol. The van der Waals surface area contributed by atoms with Gasteiger partial charge in [-0.3, -0.25) is 9.59 Å². The van der Waals surface area contributed by atoms with Crippen molar-refractivity contribution in [1.29, 1.82) is 0 Å². The van der Waals surface area contributed by atoms with Gasteiger partial charge >= 0.3 is 0 Å². The second kappa shape index (κ2) is 8.78. The van der Waals surface area contributed by atoms with Crippen molar-refractivity contribution in [1.82, 2.24) is 10.2 Å². The van der Waals surface area contributed by atoms with Gasteiger partial charge in [0.1, 0.15) is 5.75 Å². The van der Waals surface area contributed by atoms with Gasteiger partial charge in [-0.1, -0.05) is 24.3 Å². The van der Waals surface area contributed by atoms with Crippen LogP contribution in [-0.2, 0) is 11.3 Å². The van der Waals surface area contributed by atoms with Crippen LogP contribution in [0.4, 0.5) is 0 Å². The number of carbonyl (C=O) groups is 2. The Kier molecular flexibility index (Phi) is 6.39. The van der Waals surface area contributed by atoms with Crippen molar-refractivity contribution in [3.63, 3.8) is 0 Å². The first-order valence-corrected chi connectivity index (χ1v) is 10.2. The lowest BCUT2D eigenvalue weighted by atomic mass is 9.80. The first-order chi connectivity index (χ1) is 13.4. The third kappa shape index (κ3) is 4.55. The molecule has 1 N–H and O–H groups in total. The molecule has 3 rings (SSSR count). The van der Waals surface area contributed by atoms with E-state index < -0.39 is 5.41 Å². The van der Waals surface area contributed by atoms with Crippen molar-refractivity contribution in [3.05, 3.63) is 64.1 Å². The van der Waals surface area contributed by atoms with Gasteiger partial charge in [0.25, 0.3) is 5.91 Å². The van der Waals surface area contributed by atoms with Crippen molar-refractivity contribution >= 4 is 27.7 Å². The number of nitrogens with one attached hydrogen (secondary N) is 1. The van der Waals surface area contributed by atoms with Crippen molar-refractivity contribution < 1.29 is 14.3 Å². The summed E-state index contributed by atoms with van der Waals surface area (Å²) < 4.78 is 6.00. The molecule has 1 heterocycles. The number of methoxy groups -OCH3 is 1. The highest BCUT2D eigenvalue weighted by Gasteiger charge is 2.39. The molecule has 28 heavy (non-hydrogen) atoms. The molecule has 148 valence electrons. The van der Waals surface area contributed by atoms with Crippen LogP contribution in [0.5, 0.6) is 5.75 Å². The fourth-order valence-corrected chi connectivity index (χ4v) is 4.04. The zero-order chi connectivity index (χ0) is 20.1. The van der Waals surface area contributed by atoms with Gasteiger partial charge in [0.15, 0.2) is 0 Å². The maximum absolute atomic E-state index is 12.9. The quantitative estimate of drug-likeness (QED) is 0.757. The van der Waals surface area contributed by atoms with Gasteiger partial charge in [-0.2, -0.15) is 0 Å². The van der Waals surface area contributed by atoms with Gasteiger partial charge in [0.2, 0.25) is 5.91 Å². The summed E-state index contributed by atoms with van der Waals surface area (Å²) in [5, 5.41) is 3.03. The molecular formula is C22H25BrN2O3. The fourth-order valence-electron chi connectivity index (χ4n) is 3.58. The molecule has 2 aromatic carbocycles. The van der Waals surface area contributed by atoms with Crippen LogP contribution in [-0.4, -0.2) is 36.9 Å². The Morgan fingerprint density at radius 1 is 1.21 bits per heavy atom. The van der Waals surface area contributed by atoms with Crippen LogP contribution in [0.25, 0.3) is 0 Å². The number of rotatable bonds is 5. The van der Waals surface area contributed by atoms with Crippen LogP contribution < -0.4 is 10.1 Å². The minimum atomic E-state index is -0.603.